The molecule has 0 aliphatic rings. The third-order valence-electron chi connectivity index (χ3n) is 3.19. The predicted octanol–water partition coefficient (Wildman–Crippen LogP) is 2.22. The van der Waals surface area contributed by atoms with Gasteiger partial charge in [-0.1, -0.05) is 6.07 Å². The predicted molar refractivity (Wildman–Crippen MR) is 80.6 cm³/mol. The van der Waals surface area contributed by atoms with Crippen LogP contribution >= 0.6 is 0 Å². The number of aromatic nitrogens is 1. The largest absolute Gasteiger partial charge is 0.496 e. The summed E-state index contributed by atoms with van der Waals surface area (Å²) in [6.07, 6.45) is 1.65. The average Bonchev–Trinajstić information content (AvgIpc) is 2.48. The number of hydrogen-bond acceptors (Lipinski definition) is 4. The molecule has 112 valence electrons. The van der Waals surface area contributed by atoms with Crippen LogP contribution in [0.2, 0.25) is 0 Å². The normalized spacial score (nSPS) is 11.6. The van der Waals surface area contributed by atoms with Crippen molar-refractivity contribution in [2.45, 2.75) is 18.4 Å². The maximum atomic E-state index is 12.5. The zero-order valence-electron chi connectivity index (χ0n) is 12.3. The Morgan fingerprint density at radius 1 is 1.24 bits per heavy atom. The first-order chi connectivity index (χ1) is 9.95. The second-order valence-corrected chi connectivity index (χ2v) is 6.76. The van der Waals surface area contributed by atoms with Crippen LogP contribution in [0.5, 0.6) is 5.75 Å². The van der Waals surface area contributed by atoms with Crippen LogP contribution in [0.25, 0.3) is 0 Å². The van der Waals surface area contributed by atoms with E-state index in [0.717, 1.165) is 5.56 Å². The number of rotatable bonds is 5. The Hall–Kier alpha value is -1.92. The number of benzene rings is 1. The van der Waals surface area contributed by atoms with E-state index in [9.17, 15) is 8.42 Å². The summed E-state index contributed by atoms with van der Waals surface area (Å²) >= 11 is 0. The highest BCUT2D eigenvalue weighted by Crippen LogP contribution is 2.23. The molecular weight excluding hydrogens is 288 g/mol. The molecule has 21 heavy (non-hydrogen) atoms. The van der Waals surface area contributed by atoms with Crippen molar-refractivity contribution in [3.8, 4) is 5.75 Å². The van der Waals surface area contributed by atoms with E-state index in [0.29, 0.717) is 11.4 Å². The molecule has 0 saturated carbocycles. The first-order valence-electron chi connectivity index (χ1n) is 6.46. The summed E-state index contributed by atoms with van der Waals surface area (Å²) in [6.45, 7) is 2.05. The third-order valence-corrected chi connectivity index (χ3v) is 4.98. The van der Waals surface area contributed by atoms with Crippen LogP contribution in [0.3, 0.4) is 0 Å². The molecule has 1 aromatic heterocycles. The molecule has 0 aliphatic heterocycles. The van der Waals surface area contributed by atoms with Gasteiger partial charge in [0.1, 0.15) is 5.75 Å². The SMILES string of the molecule is COc1ccc(S(=O)(=O)N(C)Cc2ccccn2)cc1C. The summed E-state index contributed by atoms with van der Waals surface area (Å²) in [6, 6.07) is 10.3. The Morgan fingerprint density at radius 3 is 2.57 bits per heavy atom. The fraction of sp³-hybridized carbons (Fsp3) is 0.267. The molecule has 0 saturated heterocycles. The second kappa shape index (κ2) is 6.24. The van der Waals surface area contributed by atoms with Crippen molar-refractivity contribution in [1.29, 1.82) is 0 Å². The Balaban J connectivity index is 2.27. The van der Waals surface area contributed by atoms with Gasteiger partial charge >= 0.3 is 0 Å². The molecule has 2 aromatic rings. The van der Waals surface area contributed by atoms with Gasteiger partial charge in [0.25, 0.3) is 0 Å². The zero-order chi connectivity index (χ0) is 15.5. The minimum Gasteiger partial charge on any atom is -0.496 e. The fourth-order valence-electron chi connectivity index (χ4n) is 2.00. The van der Waals surface area contributed by atoms with Crippen molar-refractivity contribution in [2.24, 2.45) is 0 Å². The molecule has 1 heterocycles. The molecule has 6 heteroatoms. The van der Waals surface area contributed by atoms with E-state index in [2.05, 4.69) is 4.98 Å². The molecule has 2 rings (SSSR count). The molecule has 0 spiro atoms. The number of pyridine rings is 1. The average molecular weight is 306 g/mol. The fourth-order valence-corrected chi connectivity index (χ4v) is 3.22. The number of sulfonamides is 1. The molecule has 1 aromatic carbocycles. The van der Waals surface area contributed by atoms with Crippen LogP contribution in [0.4, 0.5) is 0 Å². The minimum absolute atomic E-state index is 0.230. The van der Waals surface area contributed by atoms with Crippen molar-refractivity contribution in [2.75, 3.05) is 14.2 Å². The standard InChI is InChI=1S/C15H18N2O3S/c1-12-10-14(7-8-15(12)20-3)21(18,19)17(2)11-13-6-4-5-9-16-13/h4-10H,11H2,1-3H3. The lowest BCUT2D eigenvalue weighted by Crippen LogP contribution is -2.27. The summed E-state index contributed by atoms with van der Waals surface area (Å²) in [7, 11) is -0.442. The topological polar surface area (TPSA) is 59.5 Å². The summed E-state index contributed by atoms with van der Waals surface area (Å²) in [5, 5.41) is 0. The second-order valence-electron chi connectivity index (χ2n) is 4.71. The van der Waals surface area contributed by atoms with Crippen LogP contribution in [-0.2, 0) is 16.6 Å². The van der Waals surface area contributed by atoms with E-state index in [1.165, 1.54) is 4.31 Å². The maximum absolute atomic E-state index is 12.5. The van der Waals surface area contributed by atoms with Gasteiger partial charge in [-0.2, -0.15) is 4.31 Å². The monoisotopic (exact) mass is 306 g/mol. The quantitative estimate of drug-likeness (QED) is 0.850. The van der Waals surface area contributed by atoms with Crippen molar-refractivity contribution in [3.63, 3.8) is 0 Å². The number of methoxy groups -OCH3 is 1. The number of nitrogens with zero attached hydrogens (tertiary/aromatic N) is 2. The van der Waals surface area contributed by atoms with E-state index in [4.69, 9.17) is 4.74 Å². The van der Waals surface area contributed by atoms with Gasteiger partial charge in [-0.3, -0.25) is 4.98 Å². The van der Waals surface area contributed by atoms with E-state index in [-0.39, 0.29) is 11.4 Å². The summed E-state index contributed by atoms with van der Waals surface area (Å²) in [5.41, 5.74) is 1.48. The zero-order valence-corrected chi connectivity index (χ0v) is 13.1. The van der Waals surface area contributed by atoms with Gasteiger partial charge in [0.15, 0.2) is 0 Å². The Kier molecular flexibility index (Phi) is 4.59. The summed E-state index contributed by atoms with van der Waals surface area (Å²) in [5.74, 6) is 0.668. The van der Waals surface area contributed by atoms with E-state index < -0.39 is 10.0 Å². The lowest BCUT2D eigenvalue weighted by molar-refractivity contribution is 0.411. The number of hydrogen-bond donors (Lipinski definition) is 0. The lowest BCUT2D eigenvalue weighted by Gasteiger charge is -2.17. The molecule has 0 atom stereocenters. The molecule has 5 nitrogen and oxygen atoms in total. The van der Waals surface area contributed by atoms with Crippen LogP contribution in [0.1, 0.15) is 11.3 Å². The Bertz CT molecular complexity index is 715. The minimum atomic E-state index is -3.55. The maximum Gasteiger partial charge on any atom is 0.243 e. The van der Waals surface area contributed by atoms with Crippen molar-refractivity contribution < 1.29 is 13.2 Å². The van der Waals surface area contributed by atoms with E-state index >= 15 is 0 Å². The smallest absolute Gasteiger partial charge is 0.243 e. The van der Waals surface area contributed by atoms with Crippen molar-refractivity contribution in [3.05, 3.63) is 53.9 Å². The molecule has 0 unspecified atom stereocenters. The molecular formula is C15H18N2O3S. The Labute approximate surface area is 125 Å². The van der Waals surface area contributed by atoms with Gasteiger partial charge in [0, 0.05) is 13.2 Å². The highest BCUT2D eigenvalue weighted by Gasteiger charge is 2.22. The summed E-state index contributed by atoms with van der Waals surface area (Å²) < 4.78 is 31.5. The van der Waals surface area contributed by atoms with Gasteiger partial charge in [-0.15, -0.1) is 0 Å². The first kappa shape index (κ1) is 15.5. The van der Waals surface area contributed by atoms with Crippen LogP contribution < -0.4 is 4.74 Å². The van der Waals surface area contributed by atoms with Crippen LogP contribution in [0.15, 0.2) is 47.5 Å². The lowest BCUT2D eigenvalue weighted by atomic mass is 10.2. The van der Waals surface area contributed by atoms with E-state index in [1.54, 1.807) is 50.7 Å². The highest BCUT2D eigenvalue weighted by atomic mass is 32.2. The molecule has 0 N–H and O–H groups in total. The van der Waals surface area contributed by atoms with Gasteiger partial charge in [0.05, 0.1) is 24.2 Å². The van der Waals surface area contributed by atoms with Crippen molar-refractivity contribution >= 4 is 10.0 Å². The van der Waals surface area contributed by atoms with Gasteiger partial charge in [0.2, 0.25) is 10.0 Å². The molecule has 0 fully saturated rings. The van der Waals surface area contributed by atoms with Crippen molar-refractivity contribution in [1.82, 2.24) is 9.29 Å². The number of aryl methyl sites for hydroxylation is 1. The van der Waals surface area contributed by atoms with Crippen LogP contribution in [0, 0.1) is 6.92 Å². The van der Waals surface area contributed by atoms with Gasteiger partial charge in [-0.05, 0) is 42.8 Å². The number of ether oxygens (including phenoxy) is 1. The van der Waals surface area contributed by atoms with E-state index in [1.807, 2.05) is 13.0 Å². The molecule has 0 amide bonds. The Morgan fingerprint density at radius 2 is 2.00 bits per heavy atom. The third kappa shape index (κ3) is 3.40. The molecule has 0 radical (unpaired) electrons. The first-order valence-corrected chi connectivity index (χ1v) is 7.90. The highest BCUT2D eigenvalue weighted by molar-refractivity contribution is 7.89. The summed E-state index contributed by atoms with van der Waals surface area (Å²) in [4.78, 5) is 4.39. The molecule has 0 bridgehead atoms. The molecule has 0 aliphatic carbocycles. The van der Waals surface area contributed by atoms with Gasteiger partial charge in [-0.25, -0.2) is 8.42 Å². The van der Waals surface area contributed by atoms with Gasteiger partial charge < -0.3 is 4.74 Å². The van der Waals surface area contributed by atoms with Crippen LogP contribution in [-0.4, -0.2) is 31.9 Å².